The Morgan fingerprint density at radius 1 is 1.58 bits per heavy atom. The highest BCUT2D eigenvalue weighted by atomic mass is 79.9. The van der Waals surface area contributed by atoms with Crippen molar-refractivity contribution >= 4 is 33.2 Å². The van der Waals surface area contributed by atoms with Gasteiger partial charge in [0, 0.05) is 24.2 Å². The second-order valence-electron chi connectivity index (χ2n) is 4.22. The maximum Gasteiger partial charge on any atom is 0.285 e. The van der Waals surface area contributed by atoms with Crippen molar-refractivity contribution in [1.29, 1.82) is 0 Å². The minimum Gasteiger partial charge on any atom is -0.327 e. The Labute approximate surface area is 119 Å². The molecular weight excluding hydrogens is 314 g/mol. The number of halogens is 1. The van der Waals surface area contributed by atoms with Gasteiger partial charge in [-0.3, -0.25) is 14.9 Å². The van der Waals surface area contributed by atoms with Crippen LogP contribution in [0.2, 0.25) is 0 Å². The Morgan fingerprint density at radius 2 is 2.26 bits per heavy atom. The summed E-state index contributed by atoms with van der Waals surface area (Å²) in [5.41, 5.74) is 6.07. The van der Waals surface area contributed by atoms with Gasteiger partial charge in [-0.2, -0.15) is 0 Å². The zero-order chi connectivity index (χ0) is 14.4. The number of hydrogen-bond acceptors (Lipinski definition) is 4. The lowest BCUT2D eigenvalue weighted by Gasteiger charge is -2.10. The van der Waals surface area contributed by atoms with Gasteiger partial charge in [-0.15, -0.1) is 0 Å². The molecule has 19 heavy (non-hydrogen) atoms. The molecule has 0 saturated carbocycles. The average molecular weight is 330 g/mol. The molecule has 1 rings (SSSR count). The van der Waals surface area contributed by atoms with Crippen molar-refractivity contribution in [3.63, 3.8) is 0 Å². The van der Waals surface area contributed by atoms with E-state index in [0.29, 0.717) is 10.2 Å². The molecule has 0 aromatic heterocycles. The second kappa shape index (κ2) is 7.20. The van der Waals surface area contributed by atoms with Crippen molar-refractivity contribution in [3.05, 3.63) is 32.8 Å². The van der Waals surface area contributed by atoms with Crippen LogP contribution in [0.25, 0.3) is 0 Å². The highest BCUT2D eigenvalue weighted by Gasteiger charge is 2.14. The molecule has 1 aromatic carbocycles. The van der Waals surface area contributed by atoms with Crippen molar-refractivity contribution in [1.82, 2.24) is 0 Å². The molecule has 0 saturated heterocycles. The third-order valence-corrected chi connectivity index (χ3v) is 3.20. The van der Waals surface area contributed by atoms with Gasteiger partial charge in [-0.1, -0.05) is 13.3 Å². The molecule has 1 atom stereocenters. The molecule has 0 aliphatic rings. The van der Waals surface area contributed by atoms with E-state index < -0.39 is 4.92 Å². The monoisotopic (exact) mass is 329 g/mol. The molecule has 0 bridgehead atoms. The van der Waals surface area contributed by atoms with Crippen LogP contribution in [0, 0.1) is 10.1 Å². The minimum atomic E-state index is -0.511. The molecule has 6 nitrogen and oxygen atoms in total. The summed E-state index contributed by atoms with van der Waals surface area (Å²) >= 11 is 3.08. The fraction of sp³-hybridized carbons (Fsp3) is 0.417. The molecule has 1 unspecified atom stereocenters. The molecule has 104 valence electrons. The largest absolute Gasteiger partial charge is 0.327 e. The molecule has 0 spiro atoms. The van der Waals surface area contributed by atoms with Gasteiger partial charge in [0.1, 0.15) is 0 Å². The predicted octanol–water partition coefficient (Wildman–Crippen LogP) is 2.81. The summed E-state index contributed by atoms with van der Waals surface area (Å²) in [7, 11) is 0. The van der Waals surface area contributed by atoms with Crippen LogP contribution in [0.1, 0.15) is 26.2 Å². The van der Waals surface area contributed by atoms with E-state index in [1.165, 1.54) is 12.1 Å². The summed E-state index contributed by atoms with van der Waals surface area (Å²) in [4.78, 5) is 21.9. The molecular formula is C12H16BrN3O3. The third-order valence-electron chi connectivity index (χ3n) is 2.53. The van der Waals surface area contributed by atoms with Gasteiger partial charge in [-0.05, 0) is 34.5 Å². The second-order valence-corrected chi connectivity index (χ2v) is 5.08. The van der Waals surface area contributed by atoms with E-state index in [1.807, 2.05) is 6.92 Å². The number of carbonyl (C=O) groups excluding carboxylic acids is 1. The van der Waals surface area contributed by atoms with Gasteiger partial charge in [0.15, 0.2) is 0 Å². The van der Waals surface area contributed by atoms with Crippen LogP contribution in [-0.2, 0) is 4.79 Å². The molecule has 7 heteroatoms. The van der Waals surface area contributed by atoms with Crippen molar-refractivity contribution in [2.45, 2.75) is 32.2 Å². The lowest BCUT2D eigenvalue weighted by molar-refractivity contribution is -0.385. The van der Waals surface area contributed by atoms with Crippen LogP contribution < -0.4 is 11.1 Å². The Morgan fingerprint density at radius 3 is 2.84 bits per heavy atom. The highest BCUT2D eigenvalue weighted by molar-refractivity contribution is 9.10. The average Bonchev–Trinajstić information content (AvgIpc) is 2.31. The van der Waals surface area contributed by atoms with Crippen molar-refractivity contribution in [2.75, 3.05) is 5.32 Å². The number of nitrogens with zero attached hydrogens (tertiary/aromatic N) is 1. The molecule has 3 N–H and O–H groups in total. The zero-order valence-electron chi connectivity index (χ0n) is 10.6. The SMILES string of the molecule is CCCC(N)CC(=O)Nc1ccc(Br)c([N+](=O)[O-])c1. The zero-order valence-corrected chi connectivity index (χ0v) is 12.1. The number of nitrogens with two attached hydrogens (primary N) is 1. The fourth-order valence-electron chi connectivity index (χ4n) is 1.65. The van der Waals surface area contributed by atoms with Crippen LogP contribution in [0.4, 0.5) is 11.4 Å². The van der Waals surface area contributed by atoms with Gasteiger partial charge in [0.25, 0.3) is 5.69 Å². The summed E-state index contributed by atoms with van der Waals surface area (Å²) in [5, 5.41) is 13.4. The molecule has 1 amide bonds. The summed E-state index contributed by atoms with van der Waals surface area (Å²) in [6.45, 7) is 2.00. The number of nitro groups is 1. The Hall–Kier alpha value is -1.47. The van der Waals surface area contributed by atoms with E-state index in [4.69, 9.17) is 5.73 Å². The number of carbonyl (C=O) groups is 1. The smallest absolute Gasteiger partial charge is 0.285 e. The normalized spacial score (nSPS) is 11.9. The van der Waals surface area contributed by atoms with Gasteiger partial charge in [-0.25, -0.2) is 0 Å². The van der Waals surface area contributed by atoms with E-state index >= 15 is 0 Å². The van der Waals surface area contributed by atoms with E-state index in [1.54, 1.807) is 6.07 Å². The van der Waals surface area contributed by atoms with Gasteiger partial charge in [0.05, 0.1) is 9.40 Å². The molecule has 0 radical (unpaired) electrons. The predicted molar refractivity (Wildman–Crippen MR) is 76.9 cm³/mol. The topological polar surface area (TPSA) is 98.3 Å². The van der Waals surface area contributed by atoms with E-state index in [-0.39, 0.29) is 24.1 Å². The first-order chi connectivity index (χ1) is 8.93. The minimum absolute atomic E-state index is 0.0874. The number of rotatable bonds is 6. The van der Waals surface area contributed by atoms with E-state index in [2.05, 4.69) is 21.2 Å². The quantitative estimate of drug-likeness (QED) is 0.619. The maximum atomic E-state index is 11.7. The van der Waals surface area contributed by atoms with Gasteiger partial charge in [0.2, 0.25) is 5.91 Å². The summed E-state index contributed by atoms with van der Waals surface area (Å²) in [5.74, 6) is -0.238. The number of benzene rings is 1. The van der Waals surface area contributed by atoms with Gasteiger partial charge >= 0.3 is 0 Å². The van der Waals surface area contributed by atoms with Crippen molar-refractivity contribution in [2.24, 2.45) is 5.73 Å². The number of hydrogen-bond donors (Lipinski definition) is 2. The summed E-state index contributed by atoms with van der Waals surface area (Å²) < 4.78 is 0.373. The van der Waals surface area contributed by atoms with E-state index in [0.717, 1.165) is 12.8 Å². The van der Waals surface area contributed by atoms with Crippen LogP contribution in [-0.4, -0.2) is 16.9 Å². The van der Waals surface area contributed by atoms with Crippen LogP contribution in [0.15, 0.2) is 22.7 Å². The van der Waals surface area contributed by atoms with Crippen molar-refractivity contribution < 1.29 is 9.72 Å². The first-order valence-electron chi connectivity index (χ1n) is 5.93. The molecule has 1 aromatic rings. The van der Waals surface area contributed by atoms with Crippen LogP contribution in [0.5, 0.6) is 0 Å². The number of anilines is 1. The summed E-state index contributed by atoms with van der Waals surface area (Å²) in [6.07, 6.45) is 1.89. The van der Waals surface area contributed by atoms with Crippen molar-refractivity contribution in [3.8, 4) is 0 Å². The molecule has 0 aliphatic carbocycles. The highest BCUT2D eigenvalue weighted by Crippen LogP contribution is 2.27. The van der Waals surface area contributed by atoms with Gasteiger partial charge < -0.3 is 11.1 Å². The first-order valence-corrected chi connectivity index (χ1v) is 6.72. The lowest BCUT2D eigenvalue weighted by Crippen LogP contribution is -2.26. The molecule has 0 heterocycles. The standard InChI is InChI=1S/C12H16BrN3O3/c1-2-3-8(14)6-12(17)15-9-4-5-10(13)11(7-9)16(18)19/h4-5,7-8H,2-3,6,14H2,1H3,(H,15,17). The molecule has 0 aliphatic heterocycles. The number of amides is 1. The van der Waals surface area contributed by atoms with Crippen LogP contribution >= 0.6 is 15.9 Å². The maximum absolute atomic E-state index is 11.7. The lowest BCUT2D eigenvalue weighted by atomic mass is 10.1. The summed E-state index contributed by atoms with van der Waals surface area (Å²) in [6, 6.07) is 4.25. The Bertz CT molecular complexity index is 479. The molecule has 0 fully saturated rings. The van der Waals surface area contributed by atoms with E-state index in [9.17, 15) is 14.9 Å². The van der Waals surface area contributed by atoms with Crippen LogP contribution in [0.3, 0.4) is 0 Å². The Balaban J connectivity index is 2.69. The number of nitro benzene ring substituents is 1. The fourth-order valence-corrected chi connectivity index (χ4v) is 2.04. The third kappa shape index (κ3) is 4.96. The number of nitrogens with one attached hydrogen (secondary N) is 1. The Kier molecular flexibility index (Phi) is 5.91. The first kappa shape index (κ1) is 15.6.